The van der Waals surface area contributed by atoms with Gasteiger partial charge in [0.2, 0.25) is 15.9 Å². The number of para-hydroxylation sites is 2. The van der Waals surface area contributed by atoms with Crippen LogP contribution >= 0.6 is 0 Å². The van der Waals surface area contributed by atoms with Crippen molar-refractivity contribution in [3.05, 3.63) is 54.1 Å². The van der Waals surface area contributed by atoms with Crippen LogP contribution in [-0.4, -0.2) is 59.0 Å². The SMILES string of the molecule is CN1CCN(c2ccccc2NC(=O)CNS(=O)(=O)c2cccc(C(F)(F)F)c2)CC1. The zero-order valence-corrected chi connectivity index (χ0v) is 17.6. The lowest BCUT2D eigenvalue weighted by molar-refractivity contribution is -0.137. The third kappa shape index (κ3) is 5.96. The number of likely N-dealkylation sites (N-methyl/N-ethyl adjacent to an activating group) is 1. The van der Waals surface area contributed by atoms with E-state index in [-0.39, 0.29) is 0 Å². The van der Waals surface area contributed by atoms with Crippen LogP contribution in [0.5, 0.6) is 0 Å². The summed E-state index contributed by atoms with van der Waals surface area (Å²) < 4.78 is 65.3. The van der Waals surface area contributed by atoms with E-state index in [0.29, 0.717) is 11.8 Å². The average molecular weight is 456 g/mol. The summed E-state index contributed by atoms with van der Waals surface area (Å²) in [5.41, 5.74) is 0.279. The predicted molar refractivity (Wildman–Crippen MR) is 111 cm³/mol. The number of piperazine rings is 1. The molecule has 2 N–H and O–H groups in total. The molecule has 1 heterocycles. The molecule has 1 aliphatic heterocycles. The molecule has 2 aromatic rings. The Hall–Kier alpha value is -2.63. The molecule has 0 aromatic heterocycles. The van der Waals surface area contributed by atoms with Crippen molar-refractivity contribution in [2.75, 3.05) is 50.0 Å². The first kappa shape index (κ1) is 23.0. The number of nitrogens with zero attached hydrogens (tertiary/aromatic N) is 2. The van der Waals surface area contributed by atoms with Crippen LogP contribution in [0.3, 0.4) is 0 Å². The molecule has 168 valence electrons. The second-order valence-corrected chi connectivity index (χ2v) is 8.97. The van der Waals surface area contributed by atoms with Gasteiger partial charge in [-0.15, -0.1) is 0 Å². The Kier molecular flexibility index (Phi) is 6.87. The van der Waals surface area contributed by atoms with E-state index < -0.39 is 39.1 Å². The fraction of sp³-hybridized carbons (Fsp3) is 0.350. The van der Waals surface area contributed by atoms with Gasteiger partial charge in [-0.25, -0.2) is 13.1 Å². The maximum Gasteiger partial charge on any atom is 0.416 e. The fourth-order valence-electron chi connectivity index (χ4n) is 3.18. The van der Waals surface area contributed by atoms with Crippen LogP contribution < -0.4 is 14.9 Å². The van der Waals surface area contributed by atoms with Crippen LogP contribution in [0, 0.1) is 0 Å². The molecule has 0 radical (unpaired) electrons. The van der Waals surface area contributed by atoms with Gasteiger partial charge in [0.05, 0.1) is 28.4 Å². The molecule has 1 fully saturated rings. The first-order valence-electron chi connectivity index (χ1n) is 9.55. The highest BCUT2D eigenvalue weighted by atomic mass is 32.2. The van der Waals surface area contributed by atoms with E-state index in [1.54, 1.807) is 12.1 Å². The molecule has 0 bridgehead atoms. The molecule has 3 rings (SSSR count). The zero-order chi connectivity index (χ0) is 22.6. The van der Waals surface area contributed by atoms with Crippen LogP contribution in [0.1, 0.15) is 5.56 Å². The number of carbonyl (C=O) groups is 1. The van der Waals surface area contributed by atoms with E-state index in [2.05, 4.69) is 19.8 Å². The summed E-state index contributed by atoms with van der Waals surface area (Å²) >= 11 is 0. The minimum atomic E-state index is -4.67. The number of benzene rings is 2. The maximum atomic E-state index is 12.8. The predicted octanol–water partition coefficient (Wildman–Crippen LogP) is 2.37. The van der Waals surface area contributed by atoms with E-state index in [9.17, 15) is 26.4 Å². The van der Waals surface area contributed by atoms with E-state index in [4.69, 9.17) is 0 Å². The molecule has 7 nitrogen and oxygen atoms in total. The number of hydrogen-bond acceptors (Lipinski definition) is 5. The van der Waals surface area contributed by atoms with Crippen LogP contribution in [0.2, 0.25) is 0 Å². The topological polar surface area (TPSA) is 81.8 Å². The third-order valence-electron chi connectivity index (χ3n) is 4.92. The second kappa shape index (κ2) is 9.25. The highest BCUT2D eigenvalue weighted by Gasteiger charge is 2.31. The smallest absolute Gasteiger partial charge is 0.367 e. The number of hydrogen-bond donors (Lipinski definition) is 2. The van der Waals surface area contributed by atoms with Crippen LogP contribution in [0.25, 0.3) is 0 Å². The molecule has 2 aromatic carbocycles. The quantitative estimate of drug-likeness (QED) is 0.698. The third-order valence-corrected chi connectivity index (χ3v) is 6.32. The minimum Gasteiger partial charge on any atom is -0.367 e. The second-order valence-electron chi connectivity index (χ2n) is 7.21. The highest BCUT2D eigenvalue weighted by Crippen LogP contribution is 2.30. The van der Waals surface area contributed by atoms with Gasteiger partial charge in [0, 0.05) is 26.2 Å². The summed E-state index contributed by atoms with van der Waals surface area (Å²) in [5.74, 6) is -0.628. The number of amides is 1. The summed E-state index contributed by atoms with van der Waals surface area (Å²) in [6.45, 7) is 2.70. The Morgan fingerprint density at radius 1 is 1.03 bits per heavy atom. The number of alkyl halides is 3. The molecule has 0 spiro atoms. The van der Waals surface area contributed by atoms with Gasteiger partial charge < -0.3 is 15.1 Å². The minimum absolute atomic E-state index is 0.531. The Morgan fingerprint density at radius 3 is 2.39 bits per heavy atom. The monoisotopic (exact) mass is 456 g/mol. The van der Waals surface area contributed by atoms with Gasteiger partial charge in [-0.05, 0) is 37.4 Å². The fourth-order valence-corrected chi connectivity index (χ4v) is 4.21. The summed E-state index contributed by atoms with van der Waals surface area (Å²) in [5, 5.41) is 2.68. The Bertz CT molecular complexity index is 1040. The van der Waals surface area contributed by atoms with Crippen LogP contribution in [0.4, 0.5) is 24.5 Å². The van der Waals surface area contributed by atoms with Crippen molar-refractivity contribution in [3.8, 4) is 0 Å². The molecular formula is C20H23F3N4O3S. The summed E-state index contributed by atoms with van der Waals surface area (Å²) in [4.78, 5) is 16.1. The summed E-state index contributed by atoms with van der Waals surface area (Å²) in [7, 11) is -2.26. The maximum absolute atomic E-state index is 12.8. The molecule has 1 amide bonds. The standard InChI is InChI=1S/C20H23F3N4O3S/c1-26-9-11-27(12-10-26)18-8-3-2-7-17(18)25-19(28)14-24-31(29,30)16-6-4-5-15(13-16)20(21,22)23/h2-8,13,24H,9-12,14H2,1H3,(H,25,28). The van der Waals surface area contributed by atoms with Crippen molar-refractivity contribution in [1.82, 2.24) is 9.62 Å². The lowest BCUT2D eigenvalue weighted by Crippen LogP contribution is -2.44. The van der Waals surface area contributed by atoms with Gasteiger partial charge in [-0.2, -0.15) is 13.2 Å². The largest absolute Gasteiger partial charge is 0.416 e. The normalized spacial score (nSPS) is 15.7. The van der Waals surface area contributed by atoms with Gasteiger partial charge >= 0.3 is 6.18 Å². The highest BCUT2D eigenvalue weighted by molar-refractivity contribution is 7.89. The lowest BCUT2D eigenvalue weighted by Gasteiger charge is -2.35. The molecule has 0 unspecified atom stereocenters. The van der Waals surface area contributed by atoms with Crippen molar-refractivity contribution in [1.29, 1.82) is 0 Å². The summed E-state index contributed by atoms with van der Waals surface area (Å²) in [6.07, 6.45) is -4.67. The molecule has 0 saturated carbocycles. The number of anilines is 2. The first-order chi connectivity index (χ1) is 14.6. The molecule has 11 heteroatoms. The molecule has 0 atom stereocenters. The Balaban J connectivity index is 1.66. The van der Waals surface area contributed by atoms with Crippen LogP contribution in [-0.2, 0) is 21.0 Å². The Morgan fingerprint density at radius 2 is 1.71 bits per heavy atom. The first-order valence-corrected chi connectivity index (χ1v) is 11.0. The van der Waals surface area contributed by atoms with Crippen molar-refractivity contribution in [2.24, 2.45) is 0 Å². The molecular weight excluding hydrogens is 433 g/mol. The zero-order valence-electron chi connectivity index (χ0n) is 16.8. The molecule has 0 aliphatic carbocycles. The van der Waals surface area contributed by atoms with Gasteiger partial charge in [0.1, 0.15) is 0 Å². The van der Waals surface area contributed by atoms with Crippen molar-refractivity contribution in [3.63, 3.8) is 0 Å². The van der Waals surface area contributed by atoms with Crippen molar-refractivity contribution in [2.45, 2.75) is 11.1 Å². The summed E-state index contributed by atoms with van der Waals surface area (Å²) in [6, 6.07) is 10.5. The van der Waals surface area contributed by atoms with E-state index in [1.807, 2.05) is 19.2 Å². The number of carbonyl (C=O) groups excluding carboxylic acids is 1. The Labute approximate surface area is 178 Å². The number of sulfonamides is 1. The number of halogens is 3. The van der Waals surface area contributed by atoms with Crippen molar-refractivity contribution >= 4 is 27.3 Å². The van der Waals surface area contributed by atoms with Gasteiger partial charge in [-0.1, -0.05) is 18.2 Å². The van der Waals surface area contributed by atoms with Crippen LogP contribution in [0.15, 0.2) is 53.4 Å². The van der Waals surface area contributed by atoms with E-state index >= 15 is 0 Å². The number of nitrogens with one attached hydrogen (secondary N) is 2. The molecule has 1 aliphatic rings. The average Bonchev–Trinajstić information content (AvgIpc) is 2.73. The van der Waals surface area contributed by atoms with Crippen molar-refractivity contribution < 1.29 is 26.4 Å². The molecule has 1 saturated heterocycles. The lowest BCUT2D eigenvalue weighted by atomic mass is 10.2. The van der Waals surface area contributed by atoms with E-state index in [0.717, 1.165) is 50.1 Å². The molecule has 31 heavy (non-hydrogen) atoms. The van der Waals surface area contributed by atoms with Gasteiger partial charge in [0.15, 0.2) is 0 Å². The van der Waals surface area contributed by atoms with Gasteiger partial charge in [-0.3, -0.25) is 4.79 Å². The van der Waals surface area contributed by atoms with E-state index in [1.165, 1.54) is 0 Å². The number of rotatable bonds is 6. The van der Waals surface area contributed by atoms with Gasteiger partial charge in [0.25, 0.3) is 0 Å².